The summed E-state index contributed by atoms with van der Waals surface area (Å²) >= 11 is 3.49. The van der Waals surface area contributed by atoms with Gasteiger partial charge in [-0.2, -0.15) is 0 Å². The fourth-order valence-corrected chi connectivity index (χ4v) is 3.87. The Balaban J connectivity index is 1.88. The monoisotopic (exact) mass is 376 g/mol. The molecule has 1 aromatic heterocycles. The molecule has 0 aliphatic carbocycles. The Morgan fingerprint density at radius 1 is 1.22 bits per heavy atom. The number of nitrogens with zero attached hydrogens (tertiary/aromatic N) is 1. The highest BCUT2D eigenvalue weighted by atomic mass is 79.9. The Kier molecular flexibility index (Phi) is 4.48. The molecule has 0 bridgehead atoms. The standard InChI is InChI=1S/C18H21BrN2O2/c1-11-4-3-5-12(2)21(11)18(22)17-9-8-16(23-17)14-7-6-13(20)10-15(14)19/h6-12H,3-5,20H2,1-2H3/t11-,12-/m0/s1. The summed E-state index contributed by atoms with van der Waals surface area (Å²) < 4.78 is 6.69. The van der Waals surface area contributed by atoms with Crippen molar-refractivity contribution in [3.05, 3.63) is 40.6 Å². The lowest BCUT2D eigenvalue weighted by molar-refractivity contribution is 0.0479. The van der Waals surface area contributed by atoms with Gasteiger partial charge in [0.05, 0.1) is 0 Å². The van der Waals surface area contributed by atoms with E-state index in [4.69, 9.17) is 10.2 Å². The zero-order valence-corrected chi connectivity index (χ0v) is 15.0. The summed E-state index contributed by atoms with van der Waals surface area (Å²) in [5.41, 5.74) is 7.33. The van der Waals surface area contributed by atoms with E-state index in [1.165, 1.54) is 6.42 Å². The first-order chi connectivity index (χ1) is 11.0. The summed E-state index contributed by atoms with van der Waals surface area (Å²) in [6.07, 6.45) is 3.27. The van der Waals surface area contributed by atoms with Crippen LogP contribution in [0, 0.1) is 0 Å². The molecule has 1 aliphatic heterocycles. The first-order valence-electron chi connectivity index (χ1n) is 7.95. The average Bonchev–Trinajstić information content (AvgIpc) is 2.96. The summed E-state index contributed by atoms with van der Waals surface area (Å²) in [5.74, 6) is 1.03. The third-order valence-corrected chi connectivity index (χ3v) is 5.16. The van der Waals surface area contributed by atoms with Crippen LogP contribution >= 0.6 is 15.9 Å². The average molecular weight is 377 g/mol. The molecule has 122 valence electrons. The van der Waals surface area contributed by atoms with Crippen molar-refractivity contribution in [2.45, 2.75) is 45.2 Å². The maximum absolute atomic E-state index is 12.8. The number of nitrogen functional groups attached to an aromatic ring is 1. The number of amides is 1. The lowest BCUT2D eigenvalue weighted by Crippen LogP contribution is -2.47. The number of benzene rings is 1. The Morgan fingerprint density at radius 2 is 1.91 bits per heavy atom. The fourth-order valence-electron chi connectivity index (χ4n) is 3.28. The largest absolute Gasteiger partial charge is 0.451 e. The molecular formula is C18H21BrN2O2. The van der Waals surface area contributed by atoms with E-state index in [1.807, 2.05) is 29.2 Å². The summed E-state index contributed by atoms with van der Waals surface area (Å²) in [6, 6.07) is 9.63. The second kappa shape index (κ2) is 6.40. The Labute approximate surface area is 144 Å². The number of anilines is 1. The SMILES string of the molecule is C[C@H]1CCC[C@H](C)N1C(=O)c1ccc(-c2ccc(N)cc2Br)o1. The summed E-state index contributed by atoms with van der Waals surface area (Å²) in [7, 11) is 0. The maximum Gasteiger partial charge on any atom is 0.290 e. The van der Waals surface area contributed by atoms with Crippen LogP contribution in [-0.2, 0) is 0 Å². The van der Waals surface area contributed by atoms with Gasteiger partial charge in [-0.25, -0.2) is 0 Å². The van der Waals surface area contributed by atoms with Gasteiger partial charge in [-0.1, -0.05) is 0 Å². The van der Waals surface area contributed by atoms with Gasteiger partial charge in [-0.3, -0.25) is 4.79 Å². The first-order valence-corrected chi connectivity index (χ1v) is 8.74. The molecule has 1 aromatic carbocycles. The van der Waals surface area contributed by atoms with Crippen molar-refractivity contribution < 1.29 is 9.21 Å². The predicted octanol–water partition coefficient (Wildman–Crippen LogP) is 4.69. The van der Waals surface area contributed by atoms with Crippen molar-refractivity contribution in [3.8, 4) is 11.3 Å². The maximum atomic E-state index is 12.8. The van der Waals surface area contributed by atoms with Crippen molar-refractivity contribution in [3.63, 3.8) is 0 Å². The lowest BCUT2D eigenvalue weighted by Gasteiger charge is -2.38. The number of carbonyl (C=O) groups is 1. The quantitative estimate of drug-likeness (QED) is 0.772. The number of rotatable bonds is 2. The number of halogens is 1. The zero-order chi connectivity index (χ0) is 16.6. The number of carbonyl (C=O) groups excluding carboxylic acids is 1. The molecule has 2 heterocycles. The highest BCUT2D eigenvalue weighted by Crippen LogP contribution is 2.32. The molecule has 0 saturated carbocycles. The van der Waals surface area contributed by atoms with Gasteiger partial charge in [0, 0.05) is 27.8 Å². The summed E-state index contributed by atoms with van der Waals surface area (Å²) in [4.78, 5) is 14.8. The Morgan fingerprint density at radius 3 is 2.57 bits per heavy atom. The second-order valence-corrected chi connectivity index (χ2v) is 7.10. The molecule has 1 amide bonds. The molecule has 1 fully saturated rings. The molecule has 2 aromatic rings. The molecule has 23 heavy (non-hydrogen) atoms. The van der Waals surface area contributed by atoms with Gasteiger partial charge in [-0.15, -0.1) is 0 Å². The lowest BCUT2D eigenvalue weighted by atomic mass is 9.97. The van der Waals surface area contributed by atoms with Crippen LogP contribution in [0.3, 0.4) is 0 Å². The van der Waals surface area contributed by atoms with Crippen LogP contribution in [0.4, 0.5) is 5.69 Å². The van der Waals surface area contributed by atoms with Crippen LogP contribution < -0.4 is 5.73 Å². The van der Waals surface area contributed by atoms with Gasteiger partial charge in [0.1, 0.15) is 5.76 Å². The van der Waals surface area contributed by atoms with E-state index in [0.29, 0.717) is 17.2 Å². The van der Waals surface area contributed by atoms with Gasteiger partial charge in [-0.05, 0) is 79.4 Å². The Bertz CT molecular complexity index is 716. The highest BCUT2D eigenvalue weighted by molar-refractivity contribution is 9.10. The van der Waals surface area contributed by atoms with Crippen molar-refractivity contribution in [2.75, 3.05) is 5.73 Å². The summed E-state index contributed by atoms with van der Waals surface area (Å²) in [5, 5.41) is 0. The minimum atomic E-state index is -0.0254. The van der Waals surface area contributed by atoms with Crippen LogP contribution in [0.5, 0.6) is 0 Å². The van der Waals surface area contributed by atoms with Gasteiger partial charge in [0.2, 0.25) is 0 Å². The van der Waals surface area contributed by atoms with Crippen LogP contribution in [0.15, 0.2) is 39.2 Å². The molecule has 2 N–H and O–H groups in total. The third-order valence-electron chi connectivity index (χ3n) is 4.50. The van der Waals surface area contributed by atoms with Crippen molar-refractivity contribution in [1.82, 2.24) is 4.90 Å². The number of piperidine rings is 1. The number of hydrogen-bond acceptors (Lipinski definition) is 3. The van der Waals surface area contributed by atoms with Crippen molar-refractivity contribution >= 4 is 27.5 Å². The molecule has 4 nitrogen and oxygen atoms in total. The van der Waals surface area contributed by atoms with E-state index < -0.39 is 0 Å². The molecule has 1 saturated heterocycles. The van der Waals surface area contributed by atoms with E-state index in [9.17, 15) is 4.79 Å². The van der Waals surface area contributed by atoms with E-state index in [-0.39, 0.29) is 18.0 Å². The van der Waals surface area contributed by atoms with Crippen LogP contribution in [0.1, 0.15) is 43.7 Å². The predicted molar refractivity (Wildman–Crippen MR) is 95.2 cm³/mol. The highest BCUT2D eigenvalue weighted by Gasteiger charge is 2.31. The molecule has 3 rings (SSSR count). The molecule has 2 atom stereocenters. The smallest absolute Gasteiger partial charge is 0.290 e. The second-order valence-electron chi connectivity index (χ2n) is 6.24. The van der Waals surface area contributed by atoms with Gasteiger partial charge in [0.25, 0.3) is 5.91 Å². The van der Waals surface area contributed by atoms with Crippen molar-refractivity contribution in [2.24, 2.45) is 0 Å². The number of furan rings is 1. The van der Waals surface area contributed by atoms with Crippen molar-refractivity contribution in [1.29, 1.82) is 0 Å². The number of hydrogen-bond donors (Lipinski definition) is 1. The van der Waals surface area contributed by atoms with Crippen LogP contribution in [0.2, 0.25) is 0 Å². The minimum absolute atomic E-state index is 0.0254. The minimum Gasteiger partial charge on any atom is -0.451 e. The third kappa shape index (κ3) is 3.15. The van der Waals surface area contributed by atoms with Gasteiger partial charge in [0.15, 0.2) is 5.76 Å². The van der Waals surface area contributed by atoms with E-state index in [0.717, 1.165) is 22.9 Å². The van der Waals surface area contributed by atoms with E-state index in [1.54, 1.807) is 6.07 Å². The number of nitrogens with two attached hydrogens (primary N) is 1. The molecule has 1 aliphatic rings. The van der Waals surface area contributed by atoms with E-state index >= 15 is 0 Å². The van der Waals surface area contributed by atoms with Crippen LogP contribution in [-0.4, -0.2) is 22.9 Å². The fraction of sp³-hybridized carbons (Fsp3) is 0.389. The molecule has 5 heteroatoms. The first kappa shape index (κ1) is 16.1. The molecule has 0 unspecified atom stereocenters. The topological polar surface area (TPSA) is 59.5 Å². The Hall–Kier alpha value is -1.75. The van der Waals surface area contributed by atoms with Crippen LogP contribution in [0.25, 0.3) is 11.3 Å². The number of likely N-dealkylation sites (tertiary alicyclic amines) is 1. The molecule has 0 spiro atoms. The van der Waals surface area contributed by atoms with E-state index in [2.05, 4.69) is 29.8 Å². The molecule has 0 radical (unpaired) electrons. The zero-order valence-electron chi connectivity index (χ0n) is 13.4. The summed E-state index contributed by atoms with van der Waals surface area (Å²) in [6.45, 7) is 4.21. The normalized spacial score (nSPS) is 21.4. The van der Waals surface area contributed by atoms with Gasteiger partial charge >= 0.3 is 0 Å². The van der Waals surface area contributed by atoms with Gasteiger partial charge < -0.3 is 15.1 Å². The molecular weight excluding hydrogens is 356 g/mol.